The van der Waals surface area contributed by atoms with Crippen LogP contribution in [0.4, 0.5) is 5.82 Å². The van der Waals surface area contributed by atoms with Gasteiger partial charge in [-0.25, -0.2) is 9.50 Å². The van der Waals surface area contributed by atoms with Crippen molar-refractivity contribution in [2.24, 2.45) is 5.41 Å². The third-order valence-electron chi connectivity index (χ3n) is 4.27. The topological polar surface area (TPSA) is 68.5 Å². The van der Waals surface area contributed by atoms with Crippen LogP contribution in [-0.4, -0.2) is 27.6 Å². The van der Waals surface area contributed by atoms with Crippen molar-refractivity contribution in [1.29, 1.82) is 0 Å². The number of rotatable bonds is 5. The number of carbonyl (C=O) groups is 1. The van der Waals surface area contributed by atoms with Gasteiger partial charge in [0.1, 0.15) is 5.75 Å². The van der Waals surface area contributed by atoms with Crippen LogP contribution in [0.5, 0.6) is 5.75 Å². The molecule has 1 amide bonds. The zero-order valence-electron chi connectivity index (χ0n) is 16.5. The molecule has 6 heteroatoms. The molecule has 0 spiro atoms. The summed E-state index contributed by atoms with van der Waals surface area (Å²) in [7, 11) is 1.62. The van der Waals surface area contributed by atoms with Crippen LogP contribution in [0.25, 0.3) is 5.65 Å². The van der Waals surface area contributed by atoms with Crippen LogP contribution in [0.1, 0.15) is 37.6 Å². The summed E-state index contributed by atoms with van der Waals surface area (Å²) in [5, 5.41) is 7.59. The molecule has 2 heterocycles. The maximum atomic E-state index is 12.6. The Kier molecular flexibility index (Phi) is 5.17. The predicted octanol–water partition coefficient (Wildman–Crippen LogP) is 3.82. The zero-order valence-corrected chi connectivity index (χ0v) is 16.5. The molecule has 2 aromatic heterocycles. The molecule has 0 aliphatic heterocycles. The summed E-state index contributed by atoms with van der Waals surface area (Å²) in [6.07, 6.45) is 2.80. The fraction of sp³-hybridized carbons (Fsp3) is 0.381. The fourth-order valence-corrected chi connectivity index (χ4v) is 3.04. The molecule has 27 heavy (non-hydrogen) atoms. The molecule has 142 valence electrons. The van der Waals surface area contributed by atoms with Crippen molar-refractivity contribution >= 4 is 17.4 Å². The van der Waals surface area contributed by atoms with Crippen LogP contribution in [0.2, 0.25) is 0 Å². The van der Waals surface area contributed by atoms with E-state index in [9.17, 15) is 4.79 Å². The Balaban J connectivity index is 1.90. The average molecular weight is 366 g/mol. The maximum absolute atomic E-state index is 12.6. The summed E-state index contributed by atoms with van der Waals surface area (Å²) in [6.45, 7) is 8.46. The number of nitrogens with zero attached hydrogens (tertiary/aromatic N) is 3. The van der Waals surface area contributed by atoms with Gasteiger partial charge in [0.25, 0.3) is 0 Å². The van der Waals surface area contributed by atoms with Gasteiger partial charge in [-0.2, -0.15) is 0 Å². The SMILES string of the molecule is COc1cccc(CC(=O)Nc2nn3c(C)ccnc3c2CC(C)(C)C)c1. The number of hydrogen-bond donors (Lipinski definition) is 1. The monoisotopic (exact) mass is 366 g/mol. The van der Waals surface area contributed by atoms with E-state index >= 15 is 0 Å². The average Bonchev–Trinajstić information content (AvgIpc) is 2.92. The molecular formula is C21H26N4O2. The molecule has 3 rings (SSSR count). The number of anilines is 1. The van der Waals surface area contributed by atoms with Gasteiger partial charge in [-0.1, -0.05) is 32.9 Å². The lowest BCUT2D eigenvalue weighted by atomic mass is 9.88. The molecule has 0 saturated heterocycles. The van der Waals surface area contributed by atoms with E-state index in [1.807, 2.05) is 37.3 Å². The highest BCUT2D eigenvalue weighted by atomic mass is 16.5. The Morgan fingerprint density at radius 2 is 2.04 bits per heavy atom. The molecule has 0 saturated carbocycles. The van der Waals surface area contributed by atoms with E-state index < -0.39 is 0 Å². The molecule has 1 aromatic carbocycles. The molecule has 0 aliphatic carbocycles. The lowest BCUT2D eigenvalue weighted by molar-refractivity contribution is -0.115. The van der Waals surface area contributed by atoms with Gasteiger partial charge in [-0.15, -0.1) is 5.10 Å². The Morgan fingerprint density at radius 3 is 2.74 bits per heavy atom. The van der Waals surface area contributed by atoms with Crippen LogP contribution in [0.15, 0.2) is 36.5 Å². The Morgan fingerprint density at radius 1 is 1.26 bits per heavy atom. The minimum Gasteiger partial charge on any atom is -0.497 e. The highest BCUT2D eigenvalue weighted by Gasteiger charge is 2.22. The molecule has 0 bridgehead atoms. The molecule has 0 unspecified atom stereocenters. The van der Waals surface area contributed by atoms with Crippen LogP contribution < -0.4 is 10.1 Å². The number of aryl methyl sites for hydroxylation is 1. The summed E-state index contributed by atoms with van der Waals surface area (Å²) in [5.74, 6) is 1.21. The highest BCUT2D eigenvalue weighted by molar-refractivity contribution is 5.93. The Bertz CT molecular complexity index is 970. The van der Waals surface area contributed by atoms with E-state index in [2.05, 4.69) is 36.2 Å². The smallest absolute Gasteiger partial charge is 0.230 e. The molecule has 0 radical (unpaired) electrons. The van der Waals surface area contributed by atoms with Gasteiger partial charge >= 0.3 is 0 Å². The third-order valence-corrected chi connectivity index (χ3v) is 4.27. The van der Waals surface area contributed by atoms with E-state index in [0.29, 0.717) is 5.82 Å². The number of fused-ring (bicyclic) bond motifs is 1. The second kappa shape index (κ2) is 7.39. The van der Waals surface area contributed by atoms with Crippen LogP contribution in [0, 0.1) is 12.3 Å². The van der Waals surface area contributed by atoms with Crippen molar-refractivity contribution in [3.05, 3.63) is 53.3 Å². The first-order valence-electron chi connectivity index (χ1n) is 9.03. The second-order valence-electron chi connectivity index (χ2n) is 7.96. The van der Waals surface area contributed by atoms with Gasteiger partial charge in [0.15, 0.2) is 11.5 Å². The minimum absolute atomic E-state index is 0.0429. The quantitative estimate of drug-likeness (QED) is 0.745. The first kappa shape index (κ1) is 18.9. The van der Waals surface area contributed by atoms with Crippen molar-refractivity contribution in [2.75, 3.05) is 12.4 Å². The maximum Gasteiger partial charge on any atom is 0.230 e. The first-order valence-corrected chi connectivity index (χ1v) is 9.03. The van der Waals surface area contributed by atoms with Crippen molar-refractivity contribution in [3.63, 3.8) is 0 Å². The number of ether oxygens (including phenoxy) is 1. The van der Waals surface area contributed by atoms with E-state index in [0.717, 1.165) is 34.6 Å². The first-order chi connectivity index (χ1) is 12.8. The summed E-state index contributed by atoms with van der Waals surface area (Å²) in [5.41, 5.74) is 3.67. The number of aromatic nitrogens is 3. The largest absolute Gasteiger partial charge is 0.497 e. The zero-order chi connectivity index (χ0) is 19.6. The Hall–Kier alpha value is -2.89. The van der Waals surface area contributed by atoms with Crippen molar-refractivity contribution < 1.29 is 9.53 Å². The molecule has 0 aliphatic rings. The van der Waals surface area contributed by atoms with Gasteiger partial charge < -0.3 is 10.1 Å². The normalized spacial score (nSPS) is 11.6. The van der Waals surface area contributed by atoms with Crippen molar-refractivity contribution in [2.45, 2.75) is 40.5 Å². The molecule has 1 N–H and O–H groups in total. The number of methoxy groups -OCH3 is 1. The molecule has 0 fully saturated rings. The summed E-state index contributed by atoms with van der Waals surface area (Å²) >= 11 is 0. The van der Waals surface area contributed by atoms with Gasteiger partial charge in [-0.3, -0.25) is 4.79 Å². The summed E-state index contributed by atoms with van der Waals surface area (Å²) in [6, 6.07) is 9.42. The van der Waals surface area contributed by atoms with E-state index in [1.54, 1.807) is 17.8 Å². The van der Waals surface area contributed by atoms with E-state index in [4.69, 9.17) is 4.74 Å². The molecule has 0 atom stereocenters. The number of carbonyl (C=O) groups excluding carboxylic acids is 1. The summed E-state index contributed by atoms with van der Waals surface area (Å²) in [4.78, 5) is 17.1. The minimum atomic E-state index is -0.112. The Labute approximate surface area is 159 Å². The number of benzene rings is 1. The molecule has 3 aromatic rings. The lowest BCUT2D eigenvalue weighted by Gasteiger charge is -2.18. The van der Waals surface area contributed by atoms with E-state index in [-0.39, 0.29) is 17.7 Å². The number of hydrogen-bond acceptors (Lipinski definition) is 4. The lowest BCUT2D eigenvalue weighted by Crippen LogP contribution is -2.17. The predicted molar refractivity (Wildman–Crippen MR) is 106 cm³/mol. The van der Waals surface area contributed by atoms with Crippen molar-refractivity contribution in [3.8, 4) is 5.75 Å². The number of nitrogens with one attached hydrogen (secondary N) is 1. The van der Waals surface area contributed by atoms with Crippen LogP contribution in [-0.2, 0) is 17.6 Å². The van der Waals surface area contributed by atoms with E-state index in [1.165, 1.54) is 0 Å². The van der Waals surface area contributed by atoms with Crippen LogP contribution >= 0.6 is 0 Å². The van der Waals surface area contributed by atoms with Crippen LogP contribution in [0.3, 0.4) is 0 Å². The third kappa shape index (κ3) is 4.45. The standard InChI is InChI=1S/C21H26N4O2/c1-14-9-10-22-20-17(13-21(2,3)4)19(24-25(14)20)23-18(26)12-15-7-6-8-16(11-15)27-5/h6-11H,12-13H2,1-5H3,(H,23,24,26). The van der Waals surface area contributed by atoms with Crippen molar-refractivity contribution in [1.82, 2.24) is 14.6 Å². The number of amides is 1. The fourth-order valence-electron chi connectivity index (χ4n) is 3.04. The highest BCUT2D eigenvalue weighted by Crippen LogP contribution is 2.29. The molecular weight excluding hydrogens is 340 g/mol. The van der Waals surface area contributed by atoms with Gasteiger partial charge in [-0.05, 0) is 42.5 Å². The molecule has 6 nitrogen and oxygen atoms in total. The second-order valence-corrected chi connectivity index (χ2v) is 7.96. The van der Waals surface area contributed by atoms with Gasteiger partial charge in [0.05, 0.1) is 13.5 Å². The summed E-state index contributed by atoms with van der Waals surface area (Å²) < 4.78 is 7.02. The van der Waals surface area contributed by atoms with Gasteiger partial charge in [0, 0.05) is 17.5 Å². The van der Waals surface area contributed by atoms with Gasteiger partial charge in [0.2, 0.25) is 5.91 Å².